The number of fused-ring (bicyclic) bond motifs is 1. The predicted molar refractivity (Wildman–Crippen MR) is 37.6 cm³/mol. The molecule has 2 heterocycles. The second kappa shape index (κ2) is 1.76. The third kappa shape index (κ3) is 0.586. The SMILES string of the molecule is N=C1N=CCc2[nH]ncc21. The van der Waals surface area contributed by atoms with Crippen molar-refractivity contribution in [2.75, 3.05) is 0 Å². The zero-order chi connectivity index (χ0) is 6.97. The van der Waals surface area contributed by atoms with Gasteiger partial charge < -0.3 is 0 Å². The van der Waals surface area contributed by atoms with Crippen LogP contribution in [0.2, 0.25) is 0 Å². The van der Waals surface area contributed by atoms with Crippen LogP contribution in [0.1, 0.15) is 11.3 Å². The van der Waals surface area contributed by atoms with Crippen molar-refractivity contribution in [1.82, 2.24) is 10.2 Å². The highest BCUT2D eigenvalue weighted by Crippen LogP contribution is 2.09. The van der Waals surface area contributed by atoms with Gasteiger partial charge in [-0.3, -0.25) is 10.5 Å². The molecule has 0 aliphatic carbocycles. The molecule has 0 amide bonds. The van der Waals surface area contributed by atoms with Crippen LogP contribution in [-0.2, 0) is 6.42 Å². The van der Waals surface area contributed by atoms with Crippen LogP contribution in [0.3, 0.4) is 0 Å². The lowest BCUT2D eigenvalue weighted by atomic mass is 10.1. The first-order valence-electron chi connectivity index (χ1n) is 3.01. The van der Waals surface area contributed by atoms with Gasteiger partial charge in [0.05, 0.1) is 17.5 Å². The highest BCUT2D eigenvalue weighted by molar-refractivity contribution is 6.04. The molecule has 0 atom stereocenters. The van der Waals surface area contributed by atoms with Crippen molar-refractivity contribution in [3.8, 4) is 0 Å². The molecule has 1 aromatic heterocycles. The van der Waals surface area contributed by atoms with Gasteiger partial charge in [0.15, 0.2) is 5.84 Å². The summed E-state index contributed by atoms with van der Waals surface area (Å²) in [6, 6.07) is 0. The van der Waals surface area contributed by atoms with E-state index >= 15 is 0 Å². The van der Waals surface area contributed by atoms with Crippen LogP contribution in [0.4, 0.5) is 0 Å². The van der Waals surface area contributed by atoms with Crippen LogP contribution in [0.5, 0.6) is 0 Å². The number of aliphatic imine (C=N–C) groups is 1. The van der Waals surface area contributed by atoms with Crippen molar-refractivity contribution < 1.29 is 0 Å². The summed E-state index contributed by atoms with van der Waals surface area (Å²) in [4.78, 5) is 3.84. The molecule has 2 N–H and O–H groups in total. The van der Waals surface area contributed by atoms with E-state index < -0.39 is 0 Å². The van der Waals surface area contributed by atoms with Gasteiger partial charge in [0.2, 0.25) is 0 Å². The largest absolute Gasteiger partial charge is 0.282 e. The molecule has 1 aliphatic heterocycles. The van der Waals surface area contributed by atoms with Crippen molar-refractivity contribution in [2.45, 2.75) is 6.42 Å². The first-order chi connectivity index (χ1) is 4.88. The molecule has 50 valence electrons. The summed E-state index contributed by atoms with van der Waals surface area (Å²) in [7, 11) is 0. The molecule has 0 fully saturated rings. The minimum atomic E-state index is 0.301. The topological polar surface area (TPSA) is 64.9 Å². The van der Waals surface area contributed by atoms with Crippen LogP contribution in [-0.4, -0.2) is 22.2 Å². The van der Waals surface area contributed by atoms with Gasteiger partial charge in [0.1, 0.15) is 0 Å². The van der Waals surface area contributed by atoms with Crippen LogP contribution in [0.15, 0.2) is 11.2 Å². The van der Waals surface area contributed by atoms with Gasteiger partial charge in [0, 0.05) is 12.6 Å². The van der Waals surface area contributed by atoms with E-state index in [1.54, 1.807) is 12.4 Å². The molecule has 2 rings (SSSR count). The Balaban J connectivity index is 2.58. The van der Waals surface area contributed by atoms with Crippen LogP contribution >= 0.6 is 0 Å². The van der Waals surface area contributed by atoms with Gasteiger partial charge in [0.25, 0.3) is 0 Å². The number of hydrogen-bond acceptors (Lipinski definition) is 2. The van der Waals surface area contributed by atoms with E-state index in [-0.39, 0.29) is 0 Å². The fraction of sp³-hybridized carbons (Fsp3) is 0.167. The lowest BCUT2D eigenvalue weighted by molar-refractivity contribution is 1.03. The molecule has 1 aliphatic rings. The van der Waals surface area contributed by atoms with Crippen LogP contribution < -0.4 is 0 Å². The summed E-state index contributed by atoms with van der Waals surface area (Å²) in [6.45, 7) is 0. The zero-order valence-electron chi connectivity index (χ0n) is 5.26. The molecular weight excluding hydrogens is 128 g/mol. The number of aromatic amines is 1. The lowest BCUT2D eigenvalue weighted by Crippen LogP contribution is -2.05. The number of amidine groups is 1. The first kappa shape index (κ1) is 5.34. The van der Waals surface area contributed by atoms with E-state index in [1.807, 2.05) is 0 Å². The van der Waals surface area contributed by atoms with E-state index in [1.165, 1.54) is 0 Å². The van der Waals surface area contributed by atoms with Gasteiger partial charge in [-0.2, -0.15) is 5.10 Å². The summed E-state index contributed by atoms with van der Waals surface area (Å²) >= 11 is 0. The smallest absolute Gasteiger partial charge is 0.154 e. The lowest BCUT2D eigenvalue weighted by Gasteiger charge is -2.01. The molecular formula is C6H6N4. The maximum Gasteiger partial charge on any atom is 0.154 e. The van der Waals surface area contributed by atoms with Crippen LogP contribution in [0.25, 0.3) is 0 Å². The summed E-state index contributed by atoms with van der Waals surface area (Å²) in [5.41, 5.74) is 1.81. The minimum Gasteiger partial charge on any atom is -0.282 e. The Labute approximate surface area is 57.5 Å². The molecule has 0 radical (unpaired) electrons. The highest BCUT2D eigenvalue weighted by atomic mass is 15.1. The standard InChI is InChI=1S/C6H6N4/c7-6-4-3-9-10-5(4)1-2-8-6/h2-3,7H,1H2,(H,9,10). The Hall–Kier alpha value is -1.45. The summed E-state index contributed by atoms with van der Waals surface area (Å²) < 4.78 is 0. The third-order valence-corrected chi connectivity index (χ3v) is 1.49. The number of H-pyrrole nitrogens is 1. The van der Waals surface area contributed by atoms with Crippen molar-refractivity contribution in [3.63, 3.8) is 0 Å². The van der Waals surface area contributed by atoms with Gasteiger partial charge in [-0.1, -0.05) is 0 Å². The molecule has 1 aromatic rings. The van der Waals surface area contributed by atoms with E-state index in [4.69, 9.17) is 5.41 Å². The Bertz CT molecular complexity index is 296. The molecule has 4 heteroatoms. The average Bonchev–Trinajstić information content (AvgIpc) is 2.36. The van der Waals surface area contributed by atoms with Crippen molar-refractivity contribution in [3.05, 3.63) is 17.5 Å². The fourth-order valence-electron chi connectivity index (χ4n) is 0.970. The van der Waals surface area contributed by atoms with Crippen molar-refractivity contribution in [1.29, 1.82) is 5.41 Å². The number of aromatic nitrogens is 2. The minimum absolute atomic E-state index is 0.301. The molecule has 0 aromatic carbocycles. The molecule has 0 saturated carbocycles. The Morgan fingerprint density at radius 1 is 1.60 bits per heavy atom. The highest BCUT2D eigenvalue weighted by Gasteiger charge is 2.11. The van der Waals surface area contributed by atoms with Gasteiger partial charge in [-0.15, -0.1) is 0 Å². The number of hydrogen-bond donors (Lipinski definition) is 2. The third-order valence-electron chi connectivity index (χ3n) is 1.49. The second-order valence-electron chi connectivity index (χ2n) is 2.13. The maximum atomic E-state index is 7.33. The zero-order valence-corrected chi connectivity index (χ0v) is 5.26. The Kier molecular flexibility index (Phi) is 0.943. The second-order valence-corrected chi connectivity index (χ2v) is 2.13. The summed E-state index contributed by atoms with van der Waals surface area (Å²) in [5.74, 6) is 0.301. The van der Waals surface area contributed by atoms with E-state index in [0.29, 0.717) is 5.84 Å². The van der Waals surface area contributed by atoms with E-state index in [2.05, 4.69) is 15.2 Å². The van der Waals surface area contributed by atoms with Crippen LogP contribution in [0, 0.1) is 5.41 Å². The molecule has 4 nitrogen and oxygen atoms in total. The first-order valence-corrected chi connectivity index (χ1v) is 3.01. The normalized spacial score (nSPS) is 15.4. The average molecular weight is 134 g/mol. The quantitative estimate of drug-likeness (QED) is 0.528. The Morgan fingerprint density at radius 3 is 3.30 bits per heavy atom. The molecule has 0 saturated heterocycles. The van der Waals surface area contributed by atoms with Crippen molar-refractivity contribution >= 4 is 12.1 Å². The fourth-order valence-corrected chi connectivity index (χ4v) is 0.970. The van der Waals surface area contributed by atoms with Crippen molar-refractivity contribution in [2.24, 2.45) is 4.99 Å². The maximum absolute atomic E-state index is 7.33. The summed E-state index contributed by atoms with van der Waals surface area (Å²) in [6.07, 6.45) is 4.11. The monoisotopic (exact) mass is 134 g/mol. The Morgan fingerprint density at radius 2 is 2.50 bits per heavy atom. The molecule has 0 spiro atoms. The van der Waals surface area contributed by atoms with E-state index in [9.17, 15) is 0 Å². The summed E-state index contributed by atoms with van der Waals surface area (Å²) in [5, 5.41) is 13.9. The number of rotatable bonds is 0. The number of nitrogens with zero attached hydrogens (tertiary/aromatic N) is 2. The molecule has 0 bridgehead atoms. The molecule has 10 heavy (non-hydrogen) atoms. The van der Waals surface area contributed by atoms with Gasteiger partial charge in [-0.25, -0.2) is 4.99 Å². The van der Waals surface area contributed by atoms with Gasteiger partial charge >= 0.3 is 0 Å². The predicted octanol–water partition coefficient (Wildman–Crippen LogP) is 0.362. The molecule has 0 unspecified atom stereocenters. The van der Waals surface area contributed by atoms with E-state index in [0.717, 1.165) is 17.7 Å². The number of nitrogens with one attached hydrogen (secondary N) is 2. The van der Waals surface area contributed by atoms with Gasteiger partial charge in [-0.05, 0) is 0 Å².